The third-order valence-corrected chi connectivity index (χ3v) is 11.2. The van der Waals surface area contributed by atoms with E-state index in [1.165, 1.54) is 12.6 Å². The number of nitrogens with one attached hydrogen (secondary N) is 2. The van der Waals surface area contributed by atoms with Gasteiger partial charge in [0.25, 0.3) is 5.91 Å². The van der Waals surface area contributed by atoms with E-state index >= 15 is 0 Å². The lowest BCUT2D eigenvalue weighted by Crippen LogP contribution is -2.69. The molecule has 0 spiro atoms. The lowest BCUT2D eigenvalue weighted by Gasteiger charge is -2.48. The Morgan fingerprint density at radius 3 is 2.29 bits per heavy atom. The molecule has 12 nitrogen and oxygen atoms in total. The van der Waals surface area contributed by atoms with Crippen LogP contribution < -0.4 is 26.8 Å². The molecule has 2 aliphatic rings. The quantitative estimate of drug-likeness (QED) is 0.150. The number of amides is 2. The van der Waals surface area contributed by atoms with Gasteiger partial charge in [-0.15, -0.1) is 0 Å². The van der Waals surface area contributed by atoms with Crippen molar-refractivity contribution < 1.29 is 33.8 Å². The molecular formula is C40H57N5O7. The van der Waals surface area contributed by atoms with E-state index < -0.39 is 89.7 Å². The summed E-state index contributed by atoms with van der Waals surface area (Å²) in [6.07, 6.45) is 6.81. The number of pyridine rings is 1. The molecule has 3 unspecified atom stereocenters. The van der Waals surface area contributed by atoms with Gasteiger partial charge in [-0.05, 0) is 54.9 Å². The number of aliphatic hydroxyl groups is 1. The molecule has 2 saturated carbocycles. The smallest absolute Gasteiger partial charge is 0.258 e. The second-order valence-corrected chi connectivity index (χ2v) is 15.0. The summed E-state index contributed by atoms with van der Waals surface area (Å²) in [5, 5.41) is 17.3. The van der Waals surface area contributed by atoms with Gasteiger partial charge in [-0.1, -0.05) is 90.5 Å². The Hall–Kier alpha value is -4.00. The zero-order valence-electron chi connectivity index (χ0n) is 31.0. The summed E-state index contributed by atoms with van der Waals surface area (Å²) in [5.74, 6) is -5.24. The lowest BCUT2D eigenvalue weighted by atomic mass is 9.55. The predicted octanol–water partition coefficient (Wildman–Crippen LogP) is 3.59. The Morgan fingerprint density at radius 2 is 1.67 bits per heavy atom. The van der Waals surface area contributed by atoms with Gasteiger partial charge < -0.3 is 31.9 Å². The number of nitrogens with two attached hydrogens (primary N) is 2. The molecule has 1 heterocycles. The number of nitrogens with zero attached hydrogens (tertiary/aromatic N) is 1. The molecule has 0 saturated heterocycles. The SMILES string of the molecule is CC[C@H](C)[C@H](N)C(=O)C(NC(=O)[C@]1(C(C)C)C(=O)C(NC(=O)COc2ccccc2)CC(=O)C1[C@H](O)[C@@H](N)CCC1CCCCC1)c1ccccn1. The number of aromatic nitrogens is 1. The molecule has 1 aromatic carbocycles. The maximum absolute atomic E-state index is 15.0. The highest BCUT2D eigenvalue weighted by atomic mass is 16.5. The molecule has 0 aliphatic heterocycles. The van der Waals surface area contributed by atoms with Gasteiger partial charge in [-0.2, -0.15) is 0 Å². The fraction of sp³-hybridized carbons (Fsp3) is 0.600. The van der Waals surface area contributed by atoms with Crippen LogP contribution in [-0.4, -0.2) is 70.1 Å². The fourth-order valence-electron chi connectivity index (χ4n) is 7.89. The van der Waals surface area contributed by atoms with Crippen LogP contribution in [0.3, 0.4) is 0 Å². The van der Waals surface area contributed by atoms with E-state index in [-0.39, 0.29) is 11.6 Å². The summed E-state index contributed by atoms with van der Waals surface area (Å²) in [6.45, 7) is 6.51. The minimum absolute atomic E-state index is 0.206. The third kappa shape index (κ3) is 9.31. The van der Waals surface area contributed by atoms with Crippen LogP contribution in [0.15, 0.2) is 54.7 Å². The van der Waals surface area contributed by atoms with E-state index in [1.54, 1.807) is 62.4 Å². The number of Topliss-reactive ketones (excluding diaryl/α,β-unsaturated/α-hetero) is 3. The second kappa shape index (κ2) is 18.7. The molecule has 1 aromatic heterocycles. The largest absolute Gasteiger partial charge is 0.484 e. The first-order chi connectivity index (χ1) is 24.8. The summed E-state index contributed by atoms with van der Waals surface area (Å²) in [7, 11) is 0. The van der Waals surface area contributed by atoms with Crippen molar-refractivity contribution >= 4 is 29.2 Å². The lowest BCUT2D eigenvalue weighted by molar-refractivity contribution is -0.169. The molecule has 12 heteroatoms. The van der Waals surface area contributed by atoms with Crippen LogP contribution in [0.4, 0.5) is 0 Å². The number of para-hydroxylation sites is 1. The number of carbonyl (C=O) groups is 5. The highest BCUT2D eigenvalue weighted by Gasteiger charge is 2.64. The molecule has 2 fully saturated rings. The van der Waals surface area contributed by atoms with Gasteiger partial charge in [0.1, 0.15) is 23.0 Å². The maximum Gasteiger partial charge on any atom is 0.258 e. The van der Waals surface area contributed by atoms with Crippen molar-refractivity contribution in [1.29, 1.82) is 0 Å². The Balaban J connectivity index is 1.71. The number of hydrogen-bond donors (Lipinski definition) is 5. The van der Waals surface area contributed by atoms with Crippen LogP contribution in [-0.2, 0) is 24.0 Å². The van der Waals surface area contributed by atoms with E-state index in [2.05, 4.69) is 15.6 Å². The van der Waals surface area contributed by atoms with Gasteiger partial charge >= 0.3 is 0 Å². The molecular weight excluding hydrogens is 662 g/mol. The van der Waals surface area contributed by atoms with Gasteiger partial charge in [0.05, 0.1) is 29.8 Å². The first-order valence-electron chi connectivity index (χ1n) is 18.8. The van der Waals surface area contributed by atoms with E-state index in [4.69, 9.17) is 16.2 Å². The van der Waals surface area contributed by atoms with E-state index in [1.807, 2.05) is 13.8 Å². The van der Waals surface area contributed by atoms with Crippen LogP contribution in [0.25, 0.3) is 0 Å². The average Bonchev–Trinajstić information content (AvgIpc) is 3.16. The number of carbonyl (C=O) groups excluding carboxylic acids is 5. The Morgan fingerprint density at radius 1 is 1.00 bits per heavy atom. The molecule has 8 atom stereocenters. The van der Waals surface area contributed by atoms with E-state index in [0.717, 1.165) is 32.1 Å². The van der Waals surface area contributed by atoms with E-state index in [0.29, 0.717) is 24.5 Å². The third-order valence-electron chi connectivity index (χ3n) is 11.2. The summed E-state index contributed by atoms with van der Waals surface area (Å²) in [6, 6.07) is 8.90. The van der Waals surface area contributed by atoms with Crippen molar-refractivity contribution in [3.8, 4) is 5.75 Å². The zero-order chi connectivity index (χ0) is 38.0. The summed E-state index contributed by atoms with van der Waals surface area (Å²) < 4.78 is 5.56. The second-order valence-electron chi connectivity index (χ2n) is 15.0. The highest BCUT2D eigenvalue weighted by molar-refractivity contribution is 6.17. The van der Waals surface area contributed by atoms with Gasteiger partial charge in [0.2, 0.25) is 5.91 Å². The minimum atomic E-state index is -2.22. The van der Waals surface area contributed by atoms with Crippen molar-refractivity contribution in [2.75, 3.05) is 6.61 Å². The van der Waals surface area contributed by atoms with Crippen molar-refractivity contribution in [2.24, 2.45) is 40.6 Å². The van der Waals surface area contributed by atoms with Crippen LogP contribution in [0.2, 0.25) is 0 Å². The van der Waals surface area contributed by atoms with Crippen molar-refractivity contribution in [3.05, 3.63) is 60.4 Å². The molecule has 2 amide bonds. The van der Waals surface area contributed by atoms with Gasteiger partial charge in [-0.25, -0.2) is 0 Å². The number of hydrogen-bond acceptors (Lipinski definition) is 10. The summed E-state index contributed by atoms with van der Waals surface area (Å²) in [4.78, 5) is 75.5. The van der Waals surface area contributed by atoms with Crippen molar-refractivity contribution in [3.63, 3.8) is 0 Å². The molecule has 0 bridgehead atoms. The van der Waals surface area contributed by atoms with Crippen molar-refractivity contribution in [2.45, 2.75) is 116 Å². The highest BCUT2D eigenvalue weighted by Crippen LogP contribution is 2.46. The normalized spacial score (nSPS) is 24.0. The van der Waals surface area contributed by atoms with E-state index in [9.17, 15) is 29.1 Å². The Kier molecular flexibility index (Phi) is 14.6. The van der Waals surface area contributed by atoms with Crippen LogP contribution >= 0.6 is 0 Å². The monoisotopic (exact) mass is 719 g/mol. The Labute approximate surface area is 307 Å². The molecule has 284 valence electrons. The fourth-order valence-corrected chi connectivity index (χ4v) is 7.89. The first-order valence-corrected chi connectivity index (χ1v) is 18.8. The number of rotatable bonds is 17. The number of ether oxygens (including phenoxy) is 1. The van der Waals surface area contributed by atoms with Gasteiger partial charge in [0, 0.05) is 18.7 Å². The average molecular weight is 720 g/mol. The number of benzene rings is 1. The standard InChI is InChI=1S/C40H57N5O7/c1-5-25(4)34(42)37(49)35(29-18-12-13-21-43-29)45-39(51)40(24(2)3)33(36(48)28(41)20-19-26-14-8-6-9-15-26)31(46)22-30(38(40)50)44-32(47)23-52-27-16-10-7-11-17-27/h7,10-13,16-18,21,24-26,28,30,33-36,48H,5-6,8-9,14-15,19-20,22-23,41-42H2,1-4H3,(H,44,47)(H,45,51)/t25-,28-,30?,33?,34-,35?,36+,40-/m0/s1. The molecule has 2 aromatic rings. The van der Waals surface area contributed by atoms with Gasteiger partial charge in [0.15, 0.2) is 18.2 Å². The topological polar surface area (TPSA) is 204 Å². The molecule has 2 aliphatic carbocycles. The molecule has 4 rings (SSSR count). The summed E-state index contributed by atoms with van der Waals surface area (Å²) in [5.41, 5.74) is 11.0. The Bertz CT molecular complexity index is 1520. The molecule has 52 heavy (non-hydrogen) atoms. The van der Waals surface area contributed by atoms with Crippen LogP contribution in [0.1, 0.15) is 97.2 Å². The summed E-state index contributed by atoms with van der Waals surface area (Å²) >= 11 is 0. The molecule has 7 N–H and O–H groups in total. The minimum Gasteiger partial charge on any atom is -0.484 e. The number of ketones is 3. The first kappa shape index (κ1) is 40.8. The number of aliphatic hydroxyl groups excluding tert-OH is 1. The zero-order valence-corrected chi connectivity index (χ0v) is 31.0. The van der Waals surface area contributed by atoms with Crippen molar-refractivity contribution in [1.82, 2.24) is 15.6 Å². The maximum atomic E-state index is 15.0. The van der Waals surface area contributed by atoms with Gasteiger partial charge in [-0.3, -0.25) is 29.0 Å². The predicted molar refractivity (Wildman–Crippen MR) is 197 cm³/mol. The van der Waals surface area contributed by atoms with Crippen LogP contribution in [0.5, 0.6) is 5.75 Å². The molecule has 0 radical (unpaired) electrons. The van der Waals surface area contributed by atoms with Crippen LogP contribution in [0, 0.1) is 29.1 Å².